The zero-order valence-corrected chi connectivity index (χ0v) is 23.3. The standard InChI is InChI=1S/C25H28BrN5O5S/c1-25(2,3)36-23(32)28-15-10-11-16(12-15)31-21-19(29(4)24(31)33)13-27-22-20(21)18(26)14-30(22)37(34,35)17-8-6-5-7-9-17/h5-9,13-16H,10-12H2,1-4H3,(H,28,32)/t15-,16-/m1/s1. The van der Waals surface area contributed by atoms with Gasteiger partial charge in [0.15, 0.2) is 5.65 Å². The fourth-order valence-corrected chi connectivity index (χ4v) is 7.02. The molecule has 196 valence electrons. The molecule has 4 aromatic rings. The van der Waals surface area contributed by atoms with Crippen molar-refractivity contribution in [2.45, 2.75) is 62.6 Å². The van der Waals surface area contributed by atoms with Crippen LogP contribution in [0.3, 0.4) is 0 Å². The summed E-state index contributed by atoms with van der Waals surface area (Å²) in [4.78, 5) is 30.3. The number of hydrogen-bond acceptors (Lipinski definition) is 6. The van der Waals surface area contributed by atoms with Gasteiger partial charge in [-0.25, -0.2) is 27.0 Å². The van der Waals surface area contributed by atoms with E-state index in [1.54, 1.807) is 50.6 Å². The number of rotatable bonds is 4. The van der Waals surface area contributed by atoms with Crippen molar-refractivity contribution in [1.82, 2.24) is 23.4 Å². The molecule has 3 heterocycles. The summed E-state index contributed by atoms with van der Waals surface area (Å²) in [5.41, 5.74) is 0.597. The second-order valence-electron chi connectivity index (χ2n) is 10.3. The summed E-state index contributed by atoms with van der Waals surface area (Å²) in [6, 6.07) is 7.80. The summed E-state index contributed by atoms with van der Waals surface area (Å²) in [6.07, 6.45) is 4.42. The van der Waals surface area contributed by atoms with Crippen LogP contribution in [0.4, 0.5) is 4.79 Å². The molecule has 1 saturated carbocycles. The average Bonchev–Trinajstić information content (AvgIpc) is 3.48. The van der Waals surface area contributed by atoms with Gasteiger partial charge in [0.25, 0.3) is 10.0 Å². The summed E-state index contributed by atoms with van der Waals surface area (Å²) in [5.74, 6) is 0. The Bertz CT molecular complexity index is 1680. The monoisotopic (exact) mass is 589 g/mol. The van der Waals surface area contributed by atoms with Crippen molar-refractivity contribution >= 4 is 54.1 Å². The number of carbonyl (C=O) groups is 1. The fourth-order valence-electron chi connectivity index (χ4n) is 4.97. The Labute approximate surface area is 222 Å². The van der Waals surface area contributed by atoms with E-state index in [4.69, 9.17) is 4.74 Å². The summed E-state index contributed by atoms with van der Waals surface area (Å²) in [6.45, 7) is 5.42. The zero-order valence-electron chi connectivity index (χ0n) is 20.9. The predicted molar refractivity (Wildman–Crippen MR) is 143 cm³/mol. The number of aromatic nitrogens is 4. The van der Waals surface area contributed by atoms with Gasteiger partial charge in [-0.15, -0.1) is 0 Å². The minimum atomic E-state index is -3.92. The molecule has 5 rings (SSSR count). The van der Waals surface area contributed by atoms with E-state index in [0.29, 0.717) is 40.2 Å². The summed E-state index contributed by atoms with van der Waals surface area (Å²) >= 11 is 3.53. The smallest absolute Gasteiger partial charge is 0.407 e. The fraction of sp³-hybridized carbons (Fsp3) is 0.400. The second-order valence-corrected chi connectivity index (χ2v) is 13.0. The number of amides is 1. The van der Waals surface area contributed by atoms with Gasteiger partial charge in [-0.1, -0.05) is 18.2 Å². The predicted octanol–water partition coefficient (Wildman–Crippen LogP) is 4.31. The molecule has 0 unspecified atom stereocenters. The maximum Gasteiger partial charge on any atom is 0.407 e. The topological polar surface area (TPSA) is 117 Å². The lowest BCUT2D eigenvalue weighted by Crippen LogP contribution is -2.38. The first-order valence-electron chi connectivity index (χ1n) is 11.9. The van der Waals surface area contributed by atoms with Crippen molar-refractivity contribution in [1.29, 1.82) is 0 Å². The van der Waals surface area contributed by atoms with Crippen molar-refractivity contribution in [3.05, 3.63) is 57.7 Å². The van der Waals surface area contributed by atoms with Gasteiger partial charge in [0.1, 0.15) is 5.60 Å². The Kier molecular flexibility index (Phi) is 6.22. The lowest BCUT2D eigenvalue weighted by Gasteiger charge is -2.22. The number of fused-ring (bicyclic) bond motifs is 3. The molecule has 0 saturated heterocycles. The van der Waals surface area contributed by atoms with Gasteiger partial charge in [-0.3, -0.25) is 9.13 Å². The van der Waals surface area contributed by atoms with Gasteiger partial charge < -0.3 is 10.1 Å². The van der Waals surface area contributed by atoms with E-state index in [0.717, 1.165) is 3.97 Å². The van der Waals surface area contributed by atoms with Gasteiger partial charge >= 0.3 is 11.8 Å². The molecule has 10 nitrogen and oxygen atoms in total. The van der Waals surface area contributed by atoms with E-state index in [-0.39, 0.29) is 28.3 Å². The Morgan fingerprint density at radius 3 is 2.57 bits per heavy atom. The van der Waals surface area contributed by atoms with E-state index >= 15 is 0 Å². The molecule has 3 aromatic heterocycles. The van der Waals surface area contributed by atoms with Crippen LogP contribution in [-0.2, 0) is 21.8 Å². The number of aryl methyl sites for hydroxylation is 1. The van der Waals surface area contributed by atoms with Crippen LogP contribution in [0.15, 0.2) is 56.9 Å². The summed E-state index contributed by atoms with van der Waals surface area (Å²) in [7, 11) is -2.25. The molecule has 2 atom stereocenters. The number of halogens is 1. The zero-order chi connectivity index (χ0) is 26.7. The van der Waals surface area contributed by atoms with Gasteiger partial charge in [0.2, 0.25) is 0 Å². The molecule has 1 N–H and O–H groups in total. The highest BCUT2D eigenvalue weighted by Crippen LogP contribution is 2.37. The lowest BCUT2D eigenvalue weighted by atomic mass is 10.2. The number of alkyl carbamates (subject to hydrolysis) is 1. The van der Waals surface area contributed by atoms with Crippen LogP contribution in [-0.4, -0.2) is 44.2 Å². The van der Waals surface area contributed by atoms with Crippen molar-refractivity contribution in [3.63, 3.8) is 0 Å². The van der Waals surface area contributed by atoms with Crippen LogP contribution in [0.5, 0.6) is 0 Å². The molecule has 1 aliphatic carbocycles. The minimum Gasteiger partial charge on any atom is -0.444 e. The van der Waals surface area contributed by atoms with Crippen LogP contribution < -0.4 is 11.0 Å². The maximum atomic E-state index is 13.4. The highest BCUT2D eigenvalue weighted by atomic mass is 79.9. The van der Waals surface area contributed by atoms with Crippen LogP contribution in [0.1, 0.15) is 46.1 Å². The third-order valence-electron chi connectivity index (χ3n) is 6.58. The molecular formula is C25H28BrN5O5S. The first kappa shape index (κ1) is 25.5. The van der Waals surface area contributed by atoms with Gasteiger partial charge in [-0.2, -0.15) is 0 Å². The molecule has 0 bridgehead atoms. The quantitative estimate of drug-likeness (QED) is 0.379. The average molecular weight is 590 g/mol. The highest BCUT2D eigenvalue weighted by Gasteiger charge is 2.33. The molecule has 1 aliphatic rings. The van der Waals surface area contributed by atoms with E-state index in [1.165, 1.54) is 29.1 Å². The molecule has 1 fully saturated rings. The van der Waals surface area contributed by atoms with Crippen LogP contribution in [0.25, 0.3) is 22.1 Å². The second kappa shape index (κ2) is 9.02. The molecule has 1 amide bonds. The third-order valence-corrected chi connectivity index (χ3v) is 8.84. The van der Waals surface area contributed by atoms with E-state index < -0.39 is 21.7 Å². The highest BCUT2D eigenvalue weighted by molar-refractivity contribution is 9.10. The molecular weight excluding hydrogens is 562 g/mol. The molecule has 0 aliphatic heterocycles. The van der Waals surface area contributed by atoms with Crippen molar-refractivity contribution in [2.75, 3.05) is 0 Å². The normalized spacial score (nSPS) is 18.5. The first-order valence-corrected chi connectivity index (χ1v) is 14.2. The van der Waals surface area contributed by atoms with Gasteiger partial charge in [0, 0.05) is 29.8 Å². The number of benzene rings is 1. The number of imidazole rings is 1. The number of ether oxygens (including phenoxy) is 1. The molecule has 12 heteroatoms. The van der Waals surface area contributed by atoms with E-state index in [2.05, 4.69) is 26.2 Å². The van der Waals surface area contributed by atoms with Crippen LogP contribution >= 0.6 is 15.9 Å². The molecule has 0 spiro atoms. The number of pyridine rings is 1. The first-order chi connectivity index (χ1) is 17.4. The Hall–Kier alpha value is -3.12. The largest absolute Gasteiger partial charge is 0.444 e. The minimum absolute atomic E-state index is 0.138. The van der Waals surface area contributed by atoms with Crippen molar-refractivity contribution in [3.8, 4) is 0 Å². The number of nitrogens with one attached hydrogen (secondary N) is 1. The Morgan fingerprint density at radius 2 is 1.89 bits per heavy atom. The maximum absolute atomic E-state index is 13.4. The SMILES string of the molecule is Cn1c(=O)n([C@@H]2CC[C@@H](NC(=O)OC(C)(C)C)C2)c2c3c(Br)cn(S(=O)(=O)c4ccccc4)c3ncc21. The number of nitrogens with zero attached hydrogens (tertiary/aromatic N) is 4. The molecule has 1 aromatic carbocycles. The Morgan fingerprint density at radius 1 is 1.19 bits per heavy atom. The summed E-state index contributed by atoms with van der Waals surface area (Å²) in [5, 5.41) is 3.45. The van der Waals surface area contributed by atoms with Crippen LogP contribution in [0.2, 0.25) is 0 Å². The van der Waals surface area contributed by atoms with Crippen molar-refractivity contribution in [2.24, 2.45) is 7.05 Å². The summed E-state index contributed by atoms with van der Waals surface area (Å²) < 4.78 is 37.1. The third kappa shape index (κ3) is 4.46. The number of carbonyl (C=O) groups excluding carboxylic acids is 1. The van der Waals surface area contributed by atoms with Gasteiger partial charge in [-0.05, 0) is 68.1 Å². The lowest BCUT2D eigenvalue weighted by molar-refractivity contribution is 0.0504. The number of hydrogen-bond donors (Lipinski definition) is 1. The van der Waals surface area contributed by atoms with Crippen molar-refractivity contribution < 1.29 is 17.9 Å². The van der Waals surface area contributed by atoms with Crippen LogP contribution in [0, 0.1) is 0 Å². The Balaban J connectivity index is 1.59. The van der Waals surface area contributed by atoms with E-state index in [1.807, 2.05) is 0 Å². The molecule has 0 radical (unpaired) electrons. The van der Waals surface area contributed by atoms with E-state index in [9.17, 15) is 18.0 Å². The molecule has 37 heavy (non-hydrogen) atoms. The van der Waals surface area contributed by atoms with Gasteiger partial charge in [0.05, 0.1) is 27.5 Å².